The smallest absolute Gasteiger partial charge is 0.132 e. The van der Waals surface area contributed by atoms with Crippen LogP contribution >= 0.6 is 11.3 Å². The van der Waals surface area contributed by atoms with E-state index in [1.54, 1.807) is 11.3 Å². The number of hydrogen-bond acceptors (Lipinski definition) is 4. The van der Waals surface area contributed by atoms with Gasteiger partial charge in [0.2, 0.25) is 0 Å². The van der Waals surface area contributed by atoms with Crippen molar-refractivity contribution in [3.63, 3.8) is 0 Å². The minimum atomic E-state index is 0.725. The number of thiophene rings is 1. The molecule has 0 spiro atoms. The molecule has 0 radical (unpaired) electrons. The second-order valence-electron chi connectivity index (χ2n) is 4.80. The van der Waals surface area contributed by atoms with Crippen molar-refractivity contribution < 1.29 is 9.47 Å². The van der Waals surface area contributed by atoms with Crippen LogP contribution in [0.3, 0.4) is 0 Å². The summed E-state index contributed by atoms with van der Waals surface area (Å²) in [5.41, 5.74) is 1.32. The summed E-state index contributed by atoms with van der Waals surface area (Å²) in [5, 5.41) is 3.37. The van der Waals surface area contributed by atoms with Gasteiger partial charge in [-0.1, -0.05) is 30.3 Å². The molecule has 0 aliphatic carbocycles. The number of rotatable bonds is 5. The molecule has 1 aliphatic rings. The topological polar surface area (TPSA) is 21.7 Å². The molecule has 0 saturated carbocycles. The highest BCUT2D eigenvalue weighted by molar-refractivity contribution is 7.14. The SMILES string of the molecule is c1ccc(CCOc2csc(N3CCOCC3)c2)cc1. The quantitative estimate of drug-likeness (QED) is 0.843. The van der Waals surface area contributed by atoms with Crippen molar-refractivity contribution in [3.05, 3.63) is 47.3 Å². The summed E-state index contributed by atoms with van der Waals surface area (Å²) in [5.74, 6) is 0.979. The van der Waals surface area contributed by atoms with Crippen molar-refractivity contribution in [2.45, 2.75) is 6.42 Å². The molecule has 2 aromatic rings. The Morgan fingerprint density at radius 1 is 1.15 bits per heavy atom. The summed E-state index contributed by atoms with van der Waals surface area (Å²) >= 11 is 1.75. The average molecular weight is 289 g/mol. The van der Waals surface area contributed by atoms with E-state index in [1.165, 1.54) is 10.6 Å². The Kier molecular flexibility index (Phi) is 4.56. The standard InChI is InChI=1S/C16H19NO2S/c1-2-4-14(5-3-1)6-9-19-15-12-16(20-13-15)17-7-10-18-11-8-17/h1-5,12-13H,6-11H2. The van der Waals surface area contributed by atoms with Gasteiger partial charge in [0.25, 0.3) is 0 Å². The molecule has 3 rings (SSSR count). The van der Waals surface area contributed by atoms with Crippen molar-refractivity contribution in [2.75, 3.05) is 37.8 Å². The van der Waals surface area contributed by atoms with E-state index in [0.717, 1.165) is 45.1 Å². The third-order valence-corrected chi connectivity index (χ3v) is 4.35. The van der Waals surface area contributed by atoms with Gasteiger partial charge in [-0.15, -0.1) is 11.3 Å². The fourth-order valence-corrected chi connectivity index (χ4v) is 3.15. The van der Waals surface area contributed by atoms with Gasteiger partial charge in [-0.25, -0.2) is 0 Å². The van der Waals surface area contributed by atoms with Gasteiger partial charge < -0.3 is 14.4 Å². The largest absolute Gasteiger partial charge is 0.492 e. The molecule has 1 aromatic heterocycles. The van der Waals surface area contributed by atoms with Gasteiger partial charge >= 0.3 is 0 Å². The fraction of sp³-hybridized carbons (Fsp3) is 0.375. The first kappa shape index (κ1) is 13.5. The molecule has 4 heteroatoms. The molecule has 1 fully saturated rings. The molecule has 0 atom stereocenters. The van der Waals surface area contributed by atoms with E-state index in [9.17, 15) is 0 Å². The zero-order valence-corrected chi connectivity index (χ0v) is 12.3. The Labute approximate surface area is 123 Å². The highest BCUT2D eigenvalue weighted by Gasteiger charge is 2.13. The number of ether oxygens (including phenoxy) is 2. The lowest BCUT2D eigenvalue weighted by Gasteiger charge is -2.27. The van der Waals surface area contributed by atoms with E-state index in [-0.39, 0.29) is 0 Å². The molecule has 1 aliphatic heterocycles. The molecular weight excluding hydrogens is 270 g/mol. The van der Waals surface area contributed by atoms with Crippen LogP contribution in [-0.4, -0.2) is 32.9 Å². The van der Waals surface area contributed by atoms with Crippen molar-refractivity contribution in [3.8, 4) is 5.75 Å². The Hall–Kier alpha value is -1.52. The second kappa shape index (κ2) is 6.77. The van der Waals surface area contributed by atoms with Crippen LogP contribution in [0, 0.1) is 0 Å². The molecule has 1 aromatic carbocycles. The summed E-state index contributed by atoms with van der Waals surface area (Å²) in [6.45, 7) is 4.32. The van der Waals surface area contributed by atoms with Crippen LogP contribution in [0.1, 0.15) is 5.56 Å². The minimum absolute atomic E-state index is 0.725. The average Bonchev–Trinajstić information content (AvgIpc) is 2.98. The van der Waals surface area contributed by atoms with Crippen LogP contribution in [0.15, 0.2) is 41.8 Å². The van der Waals surface area contributed by atoms with E-state index in [2.05, 4.69) is 40.6 Å². The summed E-state index contributed by atoms with van der Waals surface area (Å²) < 4.78 is 11.2. The normalized spacial score (nSPS) is 15.3. The zero-order chi connectivity index (χ0) is 13.6. The molecule has 20 heavy (non-hydrogen) atoms. The highest BCUT2D eigenvalue weighted by atomic mass is 32.1. The summed E-state index contributed by atoms with van der Waals surface area (Å²) in [6, 6.07) is 12.6. The van der Waals surface area contributed by atoms with Gasteiger partial charge in [0.1, 0.15) is 5.75 Å². The molecule has 0 amide bonds. The fourth-order valence-electron chi connectivity index (χ4n) is 2.26. The third-order valence-electron chi connectivity index (χ3n) is 3.39. The second-order valence-corrected chi connectivity index (χ2v) is 5.69. The number of morpholine rings is 1. The van der Waals surface area contributed by atoms with Crippen molar-refractivity contribution in [1.29, 1.82) is 0 Å². The molecule has 106 valence electrons. The lowest BCUT2D eigenvalue weighted by Crippen LogP contribution is -2.35. The van der Waals surface area contributed by atoms with E-state index >= 15 is 0 Å². The first-order valence-corrected chi connectivity index (χ1v) is 7.88. The van der Waals surface area contributed by atoms with Gasteiger partial charge in [0.15, 0.2) is 0 Å². The summed E-state index contributed by atoms with van der Waals surface area (Å²) in [6.07, 6.45) is 0.948. The summed E-state index contributed by atoms with van der Waals surface area (Å²) in [4.78, 5) is 2.36. The van der Waals surface area contributed by atoms with Crippen molar-refractivity contribution >= 4 is 16.3 Å². The van der Waals surface area contributed by atoms with Crippen LogP contribution in [0.4, 0.5) is 5.00 Å². The summed E-state index contributed by atoms with van der Waals surface area (Å²) in [7, 11) is 0. The predicted octanol–water partition coefficient (Wildman–Crippen LogP) is 3.21. The maximum Gasteiger partial charge on any atom is 0.132 e. The Balaban J connectivity index is 1.50. The number of benzene rings is 1. The molecule has 3 nitrogen and oxygen atoms in total. The van der Waals surface area contributed by atoms with Gasteiger partial charge in [-0.3, -0.25) is 0 Å². The first-order chi connectivity index (χ1) is 9.92. The first-order valence-electron chi connectivity index (χ1n) is 7.00. The van der Waals surface area contributed by atoms with Gasteiger partial charge in [-0.05, 0) is 5.56 Å². The Morgan fingerprint density at radius 3 is 2.75 bits per heavy atom. The lowest BCUT2D eigenvalue weighted by molar-refractivity contribution is 0.123. The molecule has 0 N–H and O–H groups in total. The van der Waals surface area contributed by atoms with Crippen molar-refractivity contribution in [1.82, 2.24) is 0 Å². The van der Waals surface area contributed by atoms with E-state index in [0.29, 0.717) is 0 Å². The van der Waals surface area contributed by atoms with Gasteiger partial charge in [-0.2, -0.15) is 0 Å². The maximum atomic E-state index is 5.83. The Bertz CT molecular complexity index is 520. The zero-order valence-electron chi connectivity index (χ0n) is 11.5. The van der Waals surface area contributed by atoms with E-state index in [1.807, 2.05) is 6.07 Å². The number of hydrogen-bond donors (Lipinski definition) is 0. The molecular formula is C16H19NO2S. The van der Waals surface area contributed by atoms with Crippen LogP contribution < -0.4 is 9.64 Å². The lowest BCUT2D eigenvalue weighted by atomic mass is 10.2. The van der Waals surface area contributed by atoms with Crippen molar-refractivity contribution in [2.24, 2.45) is 0 Å². The van der Waals surface area contributed by atoms with Crippen LogP contribution in [-0.2, 0) is 11.2 Å². The van der Waals surface area contributed by atoms with Crippen LogP contribution in [0.2, 0.25) is 0 Å². The molecule has 1 saturated heterocycles. The number of nitrogens with zero attached hydrogens (tertiary/aromatic N) is 1. The maximum absolute atomic E-state index is 5.83. The third kappa shape index (κ3) is 3.52. The van der Waals surface area contributed by atoms with Gasteiger partial charge in [0, 0.05) is 31.0 Å². The van der Waals surface area contributed by atoms with Crippen LogP contribution in [0.25, 0.3) is 0 Å². The Morgan fingerprint density at radius 2 is 1.95 bits per heavy atom. The molecule has 0 unspecified atom stereocenters. The predicted molar refractivity (Wildman–Crippen MR) is 83.0 cm³/mol. The minimum Gasteiger partial charge on any atom is -0.492 e. The molecule has 0 bridgehead atoms. The number of anilines is 1. The van der Waals surface area contributed by atoms with E-state index < -0.39 is 0 Å². The molecule has 2 heterocycles. The van der Waals surface area contributed by atoms with E-state index in [4.69, 9.17) is 9.47 Å². The highest BCUT2D eigenvalue weighted by Crippen LogP contribution is 2.30. The van der Waals surface area contributed by atoms with Gasteiger partial charge in [0.05, 0.1) is 24.8 Å². The van der Waals surface area contributed by atoms with Crippen LogP contribution in [0.5, 0.6) is 5.75 Å². The monoisotopic (exact) mass is 289 g/mol.